The number of hydrogen-bond donors (Lipinski definition) is 1. The van der Waals surface area contributed by atoms with Gasteiger partial charge in [-0.1, -0.05) is 48.0 Å². The molecular formula is C25H17ClF3NO4. The molecule has 0 saturated carbocycles. The fourth-order valence-corrected chi connectivity index (χ4v) is 3.48. The maximum atomic E-state index is 13.2. The fraction of sp³-hybridized carbons (Fsp3) is 0.120. The van der Waals surface area contributed by atoms with Gasteiger partial charge in [0.15, 0.2) is 12.4 Å². The second-order valence-corrected chi connectivity index (χ2v) is 7.88. The molecule has 0 fully saturated rings. The maximum Gasteiger partial charge on any atom is 0.416 e. The number of amides is 1. The van der Waals surface area contributed by atoms with Gasteiger partial charge in [-0.3, -0.25) is 9.59 Å². The number of ether oxygens (including phenoxy) is 1. The summed E-state index contributed by atoms with van der Waals surface area (Å²) in [4.78, 5) is 25.6. The van der Waals surface area contributed by atoms with E-state index in [1.807, 2.05) is 0 Å². The van der Waals surface area contributed by atoms with Crippen molar-refractivity contribution in [1.29, 1.82) is 0 Å². The highest BCUT2D eigenvalue weighted by atomic mass is 35.5. The summed E-state index contributed by atoms with van der Waals surface area (Å²) >= 11 is 6.17. The molecule has 1 N–H and O–H groups in total. The van der Waals surface area contributed by atoms with Gasteiger partial charge in [-0.25, -0.2) is 0 Å². The molecule has 0 saturated heterocycles. The van der Waals surface area contributed by atoms with Crippen LogP contribution < -0.4 is 15.5 Å². The molecule has 3 aromatic carbocycles. The van der Waals surface area contributed by atoms with Crippen molar-refractivity contribution in [2.45, 2.75) is 13.1 Å². The quantitative estimate of drug-likeness (QED) is 0.351. The van der Waals surface area contributed by atoms with E-state index in [1.165, 1.54) is 18.2 Å². The minimum Gasteiger partial charge on any atom is -0.476 e. The van der Waals surface area contributed by atoms with E-state index in [0.717, 1.165) is 12.1 Å². The Kier molecular flexibility index (Phi) is 6.34. The molecular weight excluding hydrogens is 471 g/mol. The molecule has 0 aliphatic carbocycles. The monoisotopic (exact) mass is 487 g/mol. The summed E-state index contributed by atoms with van der Waals surface area (Å²) < 4.78 is 50.2. The molecule has 5 nitrogen and oxygen atoms in total. The molecule has 174 valence electrons. The number of carbonyl (C=O) groups is 1. The molecule has 1 amide bonds. The Bertz CT molecular complexity index is 1430. The van der Waals surface area contributed by atoms with Gasteiger partial charge in [0.1, 0.15) is 5.58 Å². The van der Waals surface area contributed by atoms with E-state index in [4.69, 9.17) is 20.8 Å². The van der Waals surface area contributed by atoms with Gasteiger partial charge in [0.2, 0.25) is 11.2 Å². The zero-order valence-corrected chi connectivity index (χ0v) is 18.5. The normalized spacial score (nSPS) is 11.4. The highest BCUT2D eigenvalue weighted by molar-refractivity contribution is 6.32. The molecule has 4 aromatic rings. The zero-order chi connectivity index (χ0) is 24.5. The first-order valence-electron chi connectivity index (χ1n) is 10.1. The van der Waals surface area contributed by atoms with E-state index < -0.39 is 29.7 Å². The third-order valence-corrected chi connectivity index (χ3v) is 5.39. The highest BCUT2D eigenvalue weighted by Gasteiger charge is 2.30. The number of fused-ring (bicyclic) bond motifs is 1. The van der Waals surface area contributed by atoms with Crippen LogP contribution in [0.1, 0.15) is 11.1 Å². The molecule has 34 heavy (non-hydrogen) atoms. The first kappa shape index (κ1) is 23.4. The first-order valence-corrected chi connectivity index (χ1v) is 10.4. The van der Waals surface area contributed by atoms with Crippen LogP contribution in [-0.2, 0) is 11.0 Å². The van der Waals surface area contributed by atoms with E-state index in [0.29, 0.717) is 21.7 Å². The standard InChI is InChI=1S/C25H17ClF3NO4/c1-14-10-20-18(12-19(14)26)22(32)24(23(34-20)15-6-3-2-4-7-15)33-13-21(31)30-17-9-5-8-16(11-17)25(27,28)29/h2-12H,13H2,1H3,(H,30,31). The Morgan fingerprint density at radius 3 is 2.50 bits per heavy atom. The number of carbonyl (C=O) groups excluding carboxylic acids is 1. The Balaban J connectivity index is 1.66. The van der Waals surface area contributed by atoms with Crippen LogP contribution in [0.25, 0.3) is 22.3 Å². The van der Waals surface area contributed by atoms with Gasteiger partial charge < -0.3 is 14.5 Å². The van der Waals surface area contributed by atoms with E-state index in [9.17, 15) is 22.8 Å². The lowest BCUT2D eigenvalue weighted by atomic mass is 10.1. The van der Waals surface area contributed by atoms with Crippen molar-refractivity contribution >= 4 is 34.2 Å². The molecule has 0 aliphatic rings. The highest BCUT2D eigenvalue weighted by Crippen LogP contribution is 2.33. The molecule has 1 heterocycles. The van der Waals surface area contributed by atoms with Crippen molar-refractivity contribution in [3.63, 3.8) is 0 Å². The van der Waals surface area contributed by atoms with E-state index >= 15 is 0 Å². The molecule has 0 aliphatic heterocycles. The minimum absolute atomic E-state index is 0.0560. The number of alkyl halides is 3. The summed E-state index contributed by atoms with van der Waals surface area (Å²) in [5.74, 6) is -0.843. The Hall–Kier alpha value is -3.78. The van der Waals surface area contributed by atoms with Gasteiger partial charge in [0.05, 0.1) is 10.9 Å². The number of hydrogen-bond acceptors (Lipinski definition) is 4. The number of anilines is 1. The largest absolute Gasteiger partial charge is 0.476 e. The van der Waals surface area contributed by atoms with E-state index in [2.05, 4.69) is 5.32 Å². The van der Waals surface area contributed by atoms with Crippen LogP contribution in [-0.4, -0.2) is 12.5 Å². The summed E-state index contributed by atoms with van der Waals surface area (Å²) in [5.41, 5.74) is 0.0627. The van der Waals surface area contributed by atoms with Gasteiger partial charge in [0.25, 0.3) is 5.91 Å². The number of aryl methyl sites for hydroxylation is 1. The van der Waals surface area contributed by atoms with Crippen molar-refractivity contribution < 1.29 is 27.1 Å². The number of nitrogens with one attached hydrogen (secondary N) is 1. The van der Waals surface area contributed by atoms with Crippen molar-refractivity contribution in [3.8, 4) is 17.1 Å². The lowest BCUT2D eigenvalue weighted by Crippen LogP contribution is -2.23. The van der Waals surface area contributed by atoms with Crippen LogP contribution in [0.15, 0.2) is 75.9 Å². The van der Waals surface area contributed by atoms with Gasteiger partial charge in [-0.05, 0) is 42.8 Å². The molecule has 1 aromatic heterocycles. The third kappa shape index (κ3) is 4.92. The lowest BCUT2D eigenvalue weighted by molar-refractivity contribution is -0.137. The summed E-state index contributed by atoms with van der Waals surface area (Å²) in [6, 6.07) is 16.0. The average Bonchev–Trinajstić information content (AvgIpc) is 2.80. The van der Waals surface area contributed by atoms with E-state index in [-0.39, 0.29) is 22.6 Å². The van der Waals surface area contributed by atoms with Crippen LogP contribution in [0.3, 0.4) is 0 Å². The second-order valence-electron chi connectivity index (χ2n) is 7.47. The van der Waals surface area contributed by atoms with Gasteiger partial charge in [0, 0.05) is 16.3 Å². The van der Waals surface area contributed by atoms with E-state index in [1.54, 1.807) is 43.3 Å². The van der Waals surface area contributed by atoms with Gasteiger partial charge >= 0.3 is 6.18 Å². The van der Waals surface area contributed by atoms with Crippen molar-refractivity contribution in [2.75, 3.05) is 11.9 Å². The summed E-state index contributed by atoms with van der Waals surface area (Å²) in [7, 11) is 0. The van der Waals surface area contributed by atoms with Crippen molar-refractivity contribution in [3.05, 3.63) is 93.1 Å². The SMILES string of the molecule is Cc1cc2oc(-c3ccccc3)c(OCC(=O)Nc3cccc(C(F)(F)F)c3)c(=O)c2cc1Cl. The number of benzene rings is 3. The van der Waals surface area contributed by atoms with Crippen LogP contribution in [0.5, 0.6) is 5.75 Å². The predicted molar refractivity (Wildman–Crippen MR) is 123 cm³/mol. The fourth-order valence-electron chi connectivity index (χ4n) is 3.32. The topological polar surface area (TPSA) is 68.5 Å². The van der Waals surface area contributed by atoms with Crippen LogP contribution in [0.2, 0.25) is 5.02 Å². The molecule has 9 heteroatoms. The predicted octanol–water partition coefficient (Wildman–Crippen LogP) is 6.46. The molecule has 4 rings (SSSR count). The Morgan fingerprint density at radius 1 is 1.06 bits per heavy atom. The molecule has 0 radical (unpaired) electrons. The van der Waals surface area contributed by atoms with Crippen molar-refractivity contribution in [2.24, 2.45) is 0 Å². The average molecular weight is 488 g/mol. The summed E-state index contributed by atoms with van der Waals surface area (Å²) in [6.45, 7) is 1.14. The van der Waals surface area contributed by atoms with Gasteiger partial charge in [-0.15, -0.1) is 0 Å². The smallest absolute Gasteiger partial charge is 0.416 e. The summed E-state index contributed by atoms with van der Waals surface area (Å²) in [6.07, 6.45) is -4.55. The van der Waals surface area contributed by atoms with Crippen LogP contribution >= 0.6 is 11.6 Å². The maximum absolute atomic E-state index is 13.2. The second kappa shape index (κ2) is 9.23. The summed E-state index contributed by atoms with van der Waals surface area (Å²) in [5, 5.41) is 2.87. The van der Waals surface area contributed by atoms with Crippen molar-refractivity contribution in [1.82, 2.24) is 0 Å². The number of halogens is 4. The first-order chi connectivity index (χ1) is 16.1. The third-order valence-electron chi connectivity index (χ3n) is 4.99. The zero-order valence-electron chi connectivity index (χ0n) is 17.7. The van der Waals surface area contributed by atoms with Crippen LogP contribution in [0.4, 0.5) is 18.9 Å². The van der Waals surface area contributed by atoms with Gasteiger partial charge in [-0.2, -0.15) is 13.2 Å². The Labute approximate surface area is 196 Å². The lowest BCUT2D eigenvalue weighted by Gasteiger charge is -2.13. The molecule has 0 unspecified atom stereocenters. The Morgan fingerprint density at radius 2 is 1.79 bits per heavy atom. The molecule has 0 bridgehead atoms. The number of rotatable bonds is 5. The van der Waals surface area contributed by atoms with Crippen LogP contribution in [0, 0.1) is 6.92 Å². The minimum atomic E-state index is -4.55. The molecule has 0 atom stereocenters. The molecule has 0 spiro atoms.